The molecule has 8 N–H and O–H groups in total. The average molecular weight is 370 g/mol. The number of rotatable bonds is 5. The molecule has 2 rings (SSSR count). The summed E-state index contributed by atoms with van der Waals surface area (Å²) in [5, 5.41) is 79.4. The summed E-state index contributed by atoms with van der Waals surface area (Å²) >= 11 is 0. The van der Waals surface area contributed by atoms with Crippen molar-refractivity contribution >= 4 is 0 Å². The van der Waals surface area contributed by atoms with Gasteiger partial charge in [0.15, 0.2) is 6.29 Å². The Bertz CT molecular complexity index is 406. The van der Waals surface area contributed by atoms with Crippen LogP contribution in [-0.2, 0) is 14.2 Å². The van der Waals surface area contributed by atoms with Crippen LogP contribution < -0.4 is 0 Å². The number of hydrogen-bond acceptors (Lipinski definition) is 11. The minimum absolute atomic E-state index is 0.619. The van der Waals surface area contributed by atoms with Gasteiger partial charge >= 0.3 is 0 Å². The van der Waals surface area contributed by atoms with E-state index in [0.717, 1.165) is 0 Å². The largest absolute Gasteiger partial charge is 0.394 e. The van der Waals surface area contributed by atoms with Gasteiger partial charge in [-0.3, -0.25) is 0 Å². The van der Waals surface area contributed by atoms with Crippen molar-refractivity contribution in [2.24, 2.45) is 5.92 Å². The molecule has 25 heavy (non-hydrogen) atoms. The first-order valence-electron chi connectivity index (χ1n) is 7.92. The summed E-state index contributed by atoms with van der Waals surface area (Å²) in [6.07, 6.45) is -15.1. The van der Waals surface area contributed by atoms with E-state index in [1.807, 2.05) is 0 Å². The van der Waals surface area contributed by atoms with Gasteiger partial charge in [0.05, 0.1) is 25.4 Å². The summed E-state index contributed by atoms with van der Waals surface area (Å²) < 4.78 is 15.3. The second-order valence-corrected chi connectivity index (χ2v) is 6.30. The van der Waals surface area contributed by atoms with Crippen molar-refractivity contribution < 1.29 is 55.1 Å². The highest BCUT2D eigenvalue weighted by molar-refractivity contribution is 5.01. The quantitative estimate of drug-likeness (QED) is 0.231. The second kappa shape index (κ2) is 8.50. The predicted molar refractivity (Wildman–Crippen MR) is 78.0 cm³/mol. The Kier molecular flexibility index (Phi) is 7.09. The zero-order valence-corrected chi connectivity index (χ0v) is 13.6. The predicted octanol–water partition coefficient (Wildman–Crippen LogP) is -5.11. The van der Waals surface area contributed by atoms with Gasteiger partial charge in [-0.1, -0.05) is 0 Å². The number of methoxy groups -OCH3 is 1. The van der Waals surface area contributed by atoms with Crippen molar-refractivity contribution in [3.63, 3.8) is 0 Å². The first kappa shape index (κ1) is 20.9. The first-order chi connectivity index (χ1) is 11.8. The topological polar surface area (TPSA) is 190 Å². The van der Waals surface area contributed by atoms with Gasteiger partial charge in [0.25, 0.3) is 0 Å². The van der Waals surface area contributed by atoms with E-state index in [2.05, 4.69) is 0 Å². The van der Waals surface area contributed by atoms with Gasteiger partial charge in [-0.2, -0.15) is 0 Å². The molecule has 2 saturated heterocycles. The third kappa shape index (κ3) is 3.82. The van der Waals surface area contributed by atoms with Crippen LogP contribution in [0.15, 0.2) is 0 Å². The fourth-order valence-electron chi connectivity index (χ4n) is 3.35. The van der Waals surface area contributed by atoms with Crippen LogP contribution in [-0.4, -0.2) is 122 Å². The first-order valence-corrected chi connectivity index (χ1v) is 7.92. The Balaban J connectivity index is 2.24. The maximum absolute atomic E-state index is 10.6. The lowest BCUT2D eigenvalue weighted by Crippen LogP contribution is -2.67. The number of aliphatic hydroxyl groups is 8. The highest BCUT2D eigenvalue weighted by atomic mass is 16.7. The van der Waals surface area contributed by atoms with Crippen LogP contribution in [0.1, 0.15) is 0 Å². The van der Waals surface area contributed by atoms with Gasteiger partial charge in [0.2, 0.25) is 0 Å². The molecular weight excluding hydrogens is 344 g/mol. The molecule has 0 radical (unpaired) electrons. The lowest BCUT2D eigenvalue weighted by Gasteiger charge is -2.48. The molecule has 2 aliphatic heterocycles. The second-order valence-electron chi connectivity index (χ2n) is 6.30. The van der Waals surface area contributed by atoms with Gasteiger partial charge in [0, 0.05) is 13.0 Å². The van der Waals surface area contributed by atoms with E-state index in [0.29, 0.717) is 0 Å². The molecule has 11 heteroatoms. The van der Waals surface area contributed by atoms with Gasteiger partial charge in [-0.25, -0.2) is 0 Å². The molecule has 11 nitrogen and oxygen atoms in total. The lowest BCUT2D eigenvalue weighted by atomic mass is 9.79. The maximum Gasteiger partial charge on any atom is 0.184 e. The van der Waals surface area contributed by atoms with E-state index in [1.54, 1.807) is 0 Å². The fourth-order valence-corrected chi connectivity index (χ4v) is 3.35. The van der Waals surface area contributed by atoms with Crippen LogP contribution in [0.3, 0.4) is 0 Å². The van der Waals surface area contributed by atoms with E-state index in [4.69, 9.17) is 14.2 Å². The highest BCUT2D eigenvalue weighted by Gasteiger charge is 2.54. The van der Waals surface area contributed by atoms with Crippen LogP contribution >= 0.6 is 0 Å². The molecular formula is C14H26O11. The SMILES string of the molecule is CO[C@H]1O[C@H](CO)[C@@H](O)[C@H](C(O)[C@H]2O[C@H](CO)[C@@H](O)[C@H](O)[C@@H]2O)[C@@H]1O. The van der Waals surface area contributed by atoms with Crippen LogP contribution in [0, 0.1) is 5.92 Å². The molecule has 0 spiro atoms. The smallest absolute Gasteiger partial charge is 0.184 e. The van der Waals surface area contributed by atoms with Gasteiger partial charge < -0.3 is 55.1 Å². The molecule has 0 aromatic rings. The summed E-state index contributed by atoms with van der Waals surface area (Å²) in [5.41, 5.74) is 0. The van der Waals surface area contributed by atoms with Crippen molar-refractivity contribution in [1.29, 1.82) is 0 Å². The molecule has 1 unspecified atom stereocenters. The molecule has 11 atom stereocenters. The number of hydrogen-bond donors (Lipinski definition) is 8. The van der Waals surface area contributed by atoms with Crippen LogP contribution in [0.25, 0.3) is 0 Å². The fraction of sp³-hybridized carbons (Fsp3) is 1.00. The summed E-state index contributed by atoms with van der Waals surface area (Å²) in [4.78, 5) is 0. The van der Waals surface area contributed by atoms with Crippen molar-refractivity contribution in [3.8, 4) is 0 Å². The minimum Gasteiger partial charge on any atom is -0.394 e. The van der Waals surface area contributed by atoms with E-state index in [-0.39, 0.29) is 0 Å². The third-order valence-corrected chi connectivity index (χ3v) is 4.83. The Morgan fingerprint density at radius 2 is 1.36 bits per heavy atom. The average Bonchev–Trinajstić information content (AvgIpc) is 2.60. The van der Waals surface area contributed by atoms with Gasteiger partial charge in [-0.15, -0.1) is 0 Å². The standard InChI is InChI=1S/C14H26O11/c1-23-14-10(20)6(7(17)4(2-15)25-14)9(19)13-12(22)11(21)8(18)5(3-16)24-13/h4-22H,2-3H2,1H3/t4-,5-,6-,7-,8-,9?,10+,11+,12+,13-,14+/m1/s1. The molecule has 0 aromatic carbocycles. The molecule has 2 fully saturated rings. The third-order valence-electron chi connectivity index (χ3n) is 4.83. The van der Waals surface area contributed by atoms with E-state index >= 15 is 0 Å². The lowest BCUT2D eigenvalue weighted by molar-refractivity contribution is -0.312. The molecule has 0 aliphatic carbocycles. The summed E-state index contributed by atoms with van der Waals surface area (Å²) in [6.45, 7) is -1.31. The summed E-state index contributed by atoms with van der Waals surface area (Å²) in [6, 6.07) is 0. The molecule has 0 amide bonds. The van der Waals surface area contributed by atoms with E-state index < -0.39 is 80.4 Å². The molecule has 148 valence electrons. The molecule has 2 heterocycles. The number of ether oxygens (including phenoxy) is 3. The normalized spacial score (nSPS) is 49.8. The zero-order chi connectivity index (χ0) is 18.9. The van der Waals surface area contributed by atoms with Crippen LogP contribution in [0.5, 0.6) is 0 Å². The summed E-state index contributed by atoms with van der Waals surface area (Å²) in [5.74, 6) is -1.36. The van der Waals surface area contributed by atoms with E-state index in [9.17, 15) is 40.9 Å². The van der Waals surface area contributed by atoms with Crippen molar-refractivity contribution in [2.75, 3.05) is 20.3 Å². The number of aliphatic hydroxyl groups excluding tert-OH is 8. The minimum atomic E-state index is -1.75. The van der Waals surface area contributed by atoms with Crippen LogP contribution in [0.4, 0.5) is 0 Å². The monoisotopic (exact) mass is 370 g/mol. The van der Waals surface area contributed by atoms with Gasteiger partial charge in [-0.05, 0) is 0 Å². The van der Waals surface area contributed by atoms with Crippen LogP contribution in [0.2, 0.25) is 0 Å². The van der Waals surface area contributed by atoms with Crippen molar-refractivity contribution in [1.82, 2.24) is 0 Å². The molecule has 2 aliphatic rings. The summed E-state index contributed by atoms with van der Waals surface area (Å²) in [7, 11) is 1.22. The Morgan fingerprint density at radius 1 is 0.800 bits per heavy atom. The van der Waals surface area contributed by atoms with E-state index in [1.165, 1.54) is 7.11 Å². The molecule has 0 bridgehead atoms. The Morgan fingerprint density at radius 3 is 1.88 bits per heavy atom. The van der Waals surface area contributed by atoms with Gasteiger partial charge in [0.1, 0.15) is 42.7 Å². The Labute approximate surface area is 143 Å². The highest BCUT2D eigenvalue weighted by Crippen LogP contribution is 2.34. The molecule has 0 aromatic heterocycles. The van der Waals surface area contributed by atoms with Crippen molar-refractivity contribution in [3.05, 3.63) is 0 Å². The molecule has 0 saturated carbocycles. The van der Waals surface area contributed by atoms with Crippen molar-refractivity contribution in [2.45, 2.75) is 61.2 Å². The maximum atomic E-state index is 10.6. The zero-order valence-electron chi connectivity index (χ0n) is 13.6. The Hall–Kier alpha value is -0.440.